The van der Waals surface area contributed by atoms with Crippen LogP contribution in [0.15, 0.2) is 0 Å². The van der Waals surface area contributed by atoms with Crippen LogP contribution in [0.5, 0.6) is 0 Å². The van der Waals surface area contributed by atoms with E-state index in [-0.39, 0.29) is 0 Å². The van der Waals surface area contributed by atoms with Crippen molar-refractivity contribution in [3.63, 3.8) is 0 Å². The van der Waals surface area contributed by atoms with Gasteiger partial charge >= 0.3 is 12.0 Å². The van der Waals surface area contributed by atoms with Crippen molar-refractivity contribution < 1.29 is 19.5 Å². The molecule has 0 spiro atoms. The zero-order valence-electron chi connectivity index (χ0n) is 10.6. The maximum Gasteiger partial charge on any atom is 0.326 e. The Morgan fingerprint density at radius 2 is 2.11 bits per heavy atom. The van der Waals surface area contributed by atoms with Crippen molar-refractivity contribution in [1.29, 1.82) is 0 Å². The highest BCUT2D eigenvalue weighted by atomic mass is 32.2. The van der Waals surface area contributed by atoms with Gasteiger partial charge in [0.2, 0.25) is 5.91 Å². The molecule has 1 aliphatic rings. The molecule has 0 aromatic heterocycles. The number of nitrogens with two attached hydrogens (primary N) is 1. The quantitative estimate of drug-likeness (QED) is 0.544. The number of hydrogen-bond acceptors (Lipinski definition) is 4. The number of nitrogens with one attached hydrogen (secondary N) is 2. The van der Waals surface area contributed by atoms with E-state index in [0.29, 0.717) is 11.8 Å². The number of carboxylic acids is 1. The molecule has 2 unspecified atom stereocenters. The van der Waals surface area contributed by atoms with Crippen LogP contribution in [0.2, 0.25) is 0 Å². The number of carbonyl (C=O) groups excluding carboxylic acids is 2. The van der Waals surface area contributed by atoms with Crippen molar-refractivity contribution in [2.24, 2.45) is 5.73 Å². The normalized spacial score (nSPS) is 20.3. The molecule has 108 valence electrons. The summed E-state index contributed by atoms with van der Waals surface area (Å²) in [4.78, 5) is 33.0. The van der Waals surface area contributed by atoms with Crippen LogP contribution >= 0.6 is 11.8 Å². The highest BCUT2D eigenvalue weighted by Crippen LogP contribution is 2.24. The number of carbonyl (C=O) groups is 3. The summed E-state index contributed by atoms with van der Waals surface area (Å²) < 4.78 is 0. The lowest BCUT2D eigenvalue weighted by molar-refractivity contribution is -0.140. The molecular weight excluding hydrogens is 270 g/mol. The maximum atomic E-state index is 11.5. The number of hydrogen-bond donors (Lipinski definition) is 4. The largest absolute Gasteiger partial charge is 0.480 e. The summed E-state index contributed by atoms with van der Waals surface area (Å²) in [5.41, 5.74) is 4.92. The molecule has 2 atom stereocenters. The van der Waals surface area contributed by atoms with Gasteiger partial charge in [-0.05, 0) is 18.6 Å². The summed E-state index contributed by atoms with van der Waals surface area (Å²) in [7, 11) is 0. The molecule has 1 aliphatic heterocycles. The third kappa shape index (κ3) is 6.32. The van der Waals surface area contributed by atoms with Crippen molar-refractivity contribution >= 4 is 29.7 Å². The minimum Gasteiger partial charge on any atom is -0.480 e. The lowest BCUT2D eigenvalue weighted by Gasteiger charge is -2.22. The van der Waals surface area contributed by atoms with Crippen molar-refractivity contribution in [3.05, 3.63) is 0 Å². The number of carboxylic acid groups (broad SMARTS) is 1. The zero-order chi connectivity index (χ0) is 14.3. The summed E-state index contributed by atoms with van der Waals surface area (Å²) in [6.07, 6.45) is 2.99. The molecule has 0 bridgehead atoms. The second kappa shape index (κ2) is 7.88. The number of urea groups is 1. The molecule has 8 heteroatoms. The lowest BCUT2D eigenvalue weighted by atomic mass is 10.2. The molecular formula is C11H19N3O4S. The number of primary amides is 1. The van der Waals surface area contributed by atoms with Gasteiger partial charge in [-0.15, -0.1) is 0 Å². The van der Waals surface area contributed by atoms with Gasteiger partial charge in [0, 0.05) is 11.8 Å². The van der Waals surface area contributed by atoms with Gasteiger partial charge in [-0.25, -0.2) is 9.59 Å². The number of aliphatic carboxylic acids is 1. The Bertz CT molecular complexity index is 345. The minimum atomic E-state index is -1.28. The average molecular weight is 289 g/mol. The summed E-state index contributed by atoms with van der Waals surface area (Å²) in [5.74, 6) is -0.954. The van der Waals surface area contributed by atoms with Crippen LogP contribution in [-0.2, 0) is 9.59 Å². The maximum absolute atomic E-state index is 11.5. The van der Waals surface area contributed by atoms with Crippen LogP contribution in [0, 0.1) is 0 Å². The second-order valence-corrected chi connectivity index (χ2v) is 5.81. The van der Waals surface area contributed by atoms with Gasteiger partial charge in [0.15, 0.2) is 0 Å². The number of amides is 3. The molecule has 1 fully saturated rings. The summed E-state index contributed by atoms with van der Waals surface area (Å²) in [6, 6.07) is -1.86. The predicted octanol–water partition coefficient (Wildman–Crippen LogP) is -0.100. The fourth-order valence-electron chi connectivity index (χ4n) is 1.79. The molecule has 7 nitrogen and oxygen atoms in total. The average Bonchev–Trinajstić information content (AvgIpc) is 2.36. The molecule has 1 rings (SSSR count). The van der Waals surface area contributed by atoms with Crippen molar-refractivity contribution in [2.75, 3.05) is 12.3 Å². The van der Waals surface area contributed by atoms with E-state index < -0.39 is 30.4 Å². The van der Waals surface area contributed by atoms with Crippen LogP contribution in [0.25, 0.3) is 0 Å². The summed E-state index contributed by atoms with van der Waals surface area (Å²) in [5, 5.41) is 14.1. The van der Waals surface area contributed by atoms with Gasteiger partial charge in [-0.1, -0.05) is 6.42 Å². The Morgan fingerprint density at radius 1 is 1.37 bits per heavy atom. The number of thioether (sulfide) groups is 1. The first kappa shape index (κ1) is 15.6. The molecule has 0 saturated carbocycles. The van der Waals surface area contributed by atoms with E-state index in [0.717, 1.165) is 18.6 Å². The van der Waals surface area contributed by atoms with Crippen LogP contribution in [0.3, 0.4) is 0 Å². The van der Waals surface area contributed by atoms with Crippen molar-refractivity contribution in [2.45, 2.75) is 37.0 Å². The highest BCUT2D eigenvalue weighted by Gasteiger charge is 2.22. The van der Waals surface area contributed by atoms with Gasteiger partial charge in [-0.3, -0.25) is 4.79 Å². The first-order valence-corrected chi connectivity index (χ1v) is 7.21. The molecule has 0 radical (unpaired) electrons. The molecule has 1 saturated heterocycles. The second-order valence-electron chi connectivity index (χ2n) is 4.40. The van der Waals surface area contributed by atoms with Gasteiger partial charge in [0.25, 0.3) is 0 Å². The fraction of sp³-hybridized carbons (Fsp3) is 0.727. The van der Waals surface area contributed by atoms with Crippen LogP contribution in [0.1, 0.15) is 25.7 Å². The van der Waals surface area contributed by atoms with E-state index in [4.69, 9.17) is 10.8 Å². The van der Waals surface area contributed by atoms with Crippen molar-refractivity contribution in [1.82, 2.24) is 10.6 Å². The summed E-state index contributed by atoms with van der Waals surface area (Å²) >= 11 is 1.81. The molecule has 19 heavy (non-hydrogen) atoms. The van der Waals surface area contributed by atoms with E-state index in [2.05, 4.69) is 10.6 Å². The Balaban J connectivity index is 2.31. The molecule has 5 N–H and O–H groups in total. The lowest BCUT2D eigenvalue weighted by Crippen LogP contribution is -2.48. The number of rotatable bonds is 6. The first-order valence-electron chi connectivity index (χ1n) is 6.16. The van der Waals surface area contributed by atoms with E-state index in [1.807, 2.05) is 11.8 Å². The van der Waals surface area contributed by atoms with Crippen molar-refractivity contribution in [3.8, 4) is 0 Å². The third-order valence-corrected chi connectivity index (χ3v) is 4.17. The van der Waals surface area contributed by atoms with Gasteiger partial charge in [0.05, 0.1) is 6.42 Å². The van der Waals surface area contributed by atoms with Gasteiger partial charge in [-0.2, -0.15) is 11.8 Å². The SMILES string of the molecule is NC(=O)CC(NC(=O)NCC1CCCCS1)C(=O)O. The Hall–Kier alpha value is -1.44. The topological polar surface area (TPSA) is 122 Å². The molecule has 0 aliphatic carbocycles. The molecule has 0 aromatic rings. The minimum absolute atomic E-state index is 0.374. The Morgan fingerprint density at radius 3 is 2.63 bits per heavy atom. The van der Waals surface area contributed by atoms with Gasteiger partial charge < -0.3 is 21.5 Å². The van der Waals surface area contributed by atoms with Crippen LogP contribution in [-0.4, -0.2) is 46.6 Å². The smallest absolute Gasteiger partial charge is 0.326 e. The Kier molecular flexibility index (Phi) is 6.48. The summed E-state index contributed by atoms with van der Waals surface area (Å²) in [6.45, 7) is 0.499. The van der Waals surface area contributed by atoms with Gasteiger partial charge in [0.1, 0.15) is 6.04 Å². The van der Waals surface area contributed by atoms with E-state index in [9.17, 15) is 14.4 Å². The third-order valence-electron chi connectivity index (χ3n) is 2.77. The molecule has 0 aromatic carbocycles. The Labute approximate surface area is 115 Å². The van der Waals surface area contributed by atoms with Crippen LogP contribution in [0.4, 0.5) is 4.79 Å². The molecule has 1 heterocycles. The predicted molar refractivity (Wildman–Crippen MR) is 71.9 cm³/mol. The van der Waals surface area contributed by atoms with Crippen LogP contribution < -0.4 is 16.4 Å². The van der Waals surface area contributed by atoms with E-state index in [1.54, 1.807) is 0 Å². The van der Waals surface area contributed by atoms with E-state index >= 15 is 0 Å². The zero-order valence-corrected chi connectivity index (χ0v) is 11.4. The standard InChI is InChI=1S/C11H19N3O4S/c12-9(15)5-8(10(16)17)14-11(18)13-6-7-3-1-2-4-19-7/h7-8H,1-6H2,(H2,12,15)(H,16,17)(H2,13,14,18). The van der Waals surface area contributed by atoms with E-state index in [1.165, 1.54) is 6.42 Å². The highest BCUT2D eigenvalue weighted by molar-refractivity contribution is 7.99. The first-order chi connectivity index (χ1) is 8.99. The fourth-order valence-corrected chi connectivity index (χ4v) is 3.02. The molecule has 3 amide bonds. The monoisotopic (exact) mass is 289 g/mol.